The average molecular weight is 312 g/mol. The highest BCUT2D eigenvalue weighted by molar-refractivity contribution is 6.43. The van der Waals surface area contributed by atoms with Gasteiger partial charge in [0.2, 0.25) is 0 Å². The van der Waals surface area contributed by atoms with E-state index in [0.29, 0.717) is 22.7 Å². The van der Waals surface area contributed by atoms with E-state index < -0.39 is 11.8 Å². The van der Waals surface area contributed by atoms with Crippen LogP contribution >= 0.6 is 0 Å². The van der Waals surface area contributed by atoms with Crippen molar-refractivity contribution in [3.8, 4) is 5.75 Å². The van der Waals surface area contributed by atoms with Gasteiger partial charge in [0.05, 0.1) is 7.11 Å². The van der Waals surface area contributed by atoms with Crippen molar-refractivity contribution in [1.29, 1.82) is 0 Å². The largest absolute Gasteiger partial charge is 0.497 e. The summed E-state index contributed by atoms with van der Waals surface area (Å²) in [4.78, 5) is 35.1. The highest BCUT2D eigenvalue weighted by atomic mass is 16.5. The molecule has 2 aromatic carbocycles. The van der Waals surface area contributed by atoms with Crippen molar-refractivity contribution in [2.24, 2.45) is 0 Å². The first-order valence-corrected chi connectivity index (χ1v) is 6.87. The SMILES string of the molecule is COc1ccc(NC(=O)C(=O)Nc2cccc(C(C)=O)c2)cc1. The highest BCUT2D eigenvalue weighted by Gasteiger charge is 2.14. The van der Waals surface area contributed by atoms with Gasteiger partial charge < -0.3 is 15.4 Å². The summed E-state index contributed by atoms with van der Waals surface area (Å²) in [6.45, 7) is 1.43. The average Bonchev–Trinajstić information content (AvgIpc) is 2.55. The highest BCUT2D eigenvalue weighted by Crippen LogP contribution is 2.15. The van der Waals surface area contributed by atoms with Crippen LogP contribution in [0, 0.1) is 0 Å². The Kier molecular flexibility index (Phi) is 5.09. The molecule has 118 valence electrons. The lowest BCUT2D eigenvalue weighted by Gasteiger charge is -2.08. The first-order chi connectivity index (χ1) is 11.0. The number of nitrogens with one attached hydrogen (secondary N) is 2. The molecule has 0 aliphatic heterocycles. The van der Waals surface area contributed by atoms with E-state index in [9.17, 15) is 14.4 Å². The quantitative estimate of drug-likeness (QED) is 0.671. The molecule has 6 nitrogen and oxygen atoms in total. The first-order valence-electron chi connectivity index (χ1n) is 6.87. The summed E-state index contributed by atoms with van der Waals surface area (Å²) in [6.07, 6.45) is 0. The van der Waals surface area contributed by atoms with Crippen LogP contribution in [0.2, 0.25) is 0 Å². The molecule has 0 atom stereocenters. The number of ketones is 1. The topological polar surface area (TPSA) is 84.5 Å². The normalized spacial score (nSPS) is 9.83. The number of carbonyl (C=O) groups excluding carboxylic acids is 3. The van der Waals surface area contributed by atoms with E-state index in [4.69, 9.17) is 4.74 Å². The van der Waals surface area contributed by atoms with Crippen molar-refractivity contribution >= 4 is 29.0 Å². The Morgan fingerprint density at radius 3 is 2.04 bits per heavy atom. The van der Waals surface area contributed by atoms with Crippen LogP contribution in [0.15, 0.2) is 48.5 Å². The van der Waals surface area contributed by atoms with E-state index in [-0.39, 0.29) is 5.78 Å². The van der Waals surface area contributed by atoms with Crippen molar-refractivity contribution in [1.82, 2.24) is 0 Å². The van der Waals surface area contributed by atoms with E-state index in [0.717, 1.165) is 0 Å². The Morgan fingerprint density at radius 2 is 1.48 bits per heavy atom. The smallest absolute Gasteiger partial charge is 0.314 e. The van der Waals surface area contributed by atoms with Crippen LogP contribution in [0.1, 0.15) is 17.3 Å². The fourth-order valence-corrected chi connectivity index (χ4v) is 1.87. The van der Waals surface area contributed by atoms with Gasteiger partial charge in [-0.05, 0) is 43.3 Å². The zero-order valence-corrected chi connectivity index (χ0v) is 12.8. The van der Waals surface area contributed by atoms with Gasteiger partial charge in [-0.25, -0.2) is 0 Å². The lowest BCUT2D eigenvalue weighted by Crippen LogP contribution is -2.29. The van der Waals surface area contributed by atoms with Gasteiger partial charge in [-0.3, -0.25) is 14.4 Å². The number of benzene rings is 2. The van der Waals surface area contributed by atoms with Crippen LogP contribution < -0.4 is 15.4 Å². The number of ether oxygens (including phenoxy) is 1. The molecule has 2 N–H and O–H groups in total. The third-order valence-corrected chi connectivity index (χ3v) is 3.08. The Bertz CT molecular complexity index is 739. The van der Waals surface area contributed by atoms with E-state index in [2.05, 4.69) is 10.6 Å². The molecule has 0 saturated carbocycles. The van der Waals surface area contributed by atoms with Gasteiger partial charge in [-0.1, -0.05) is 12.1 Å². The molecule has 0 radical (unpaired) electrons. The van der Waals surface area contributed by atoms with Gasteiger partial charge in [0.25, 0.3) is 0 Å². The van der Waals surface area contributed by atoms with Crippen LogP contribution in [0.5, 0.6) is 5.75 Å². The summed E-state index contributed by atoms with van der Waals surface area (Å²) < 4.78 is 5.01. The van der Waals surface area contributed by atoms with Gasteiger partial charge in [0.15, 0.2) is 5.78 Å². The van der Waals surface area contributed by atoms with Gasteiger partial charge >= 0.3 is 11.8 Å². The van der Waals surface area contributed by atoms with Crippen molar-refractivity contribution in [3.63, 3.8) is 0 Å². The maximum Gasteiger partial charge on any atom is 0.314 e. The standard InChI is InChI=1S/C17H16N2O4/c1-11(20)12-4-3-5-14(10-12)19-17(22)16(21)18-13-6-8-15(23-2)9-7-13/h3-10H,1-2H3,(H,18,21)(H,19,22). The molecule has 2 rings (SSSR count). The maximum atomic E-state index is 11.9. The summed E-state index contributed by atoms with van der Waals surface area (Å²) >= 11 is 0. The second kappa shape index (κ2) is 7.22. The van der Waals surface area contributed by atoms with Crippen LogP contribution in [-0.4, -0.2) is 24.7 Å². The second-order valence-electron chi connectivity index (χ2n) is 4.77. The van der Waals surface area contributed by atoms with Gasteiger partial charge in [-0.15, -0.1) is 0 Å². The zero-order chi connectivity index (χ0) is 16.8. The number of rotatable bonds is 4. The van der Waals surface area contributed by atoms with Crippen LogP contribution in [0.4, 0.5) is 11.4 Å². The van der Waals surface area contributed by atoms with Crippen molar-refractivity contribution in [3.05, 3.63) is 54.1 Å². The van der Waals surface area contributed by atoms with Crippen molar-refractivity contribution < 1.29 is 19.1 Å². The molecular weight excluding hydrogens is 296 g/mol. The minimum Gasteiger partial charge on any atom is -0.497 e. The predicted molar refractivity (Wildman–Crippen MR) is 86.7 cm³/mol. The van der Waals surface area contributed by atoms with E-state index in [1.54, 1.807) is 42.5 Å². The number of carbonyl (C=O) groups is 3. The molecule has 2 aromatic rings. The molecule has 0 unspecified atom stereocenters. The first kappa shape index (κ1) is 16.2. The molecule has 0 aromatic heterocycles. The van der Waals surface area contributed by atoms with Gasteiger partial charge in [0.1, 0.15) is 5.75 Å². The van der Waals surface area contributed by atoms with Gasteiger partial charge in [0, 0.05) is 16.9 Å². The predicted octanol–water partition coefficient (Wildman–Crippen LogP) is 2.48. The number of hydrogen-bond acceptors (Lipinski definition) is 4. The molecule has 23 heavy (non-hydrogen) atoms. The Morgan fingerprint density at radius 1 is 0.870 bits per heavy atom. The number of hydrogen-bond donors (Lipinski definition) is 2. The molecule has 0 bridgehead atoms. The lowest BCUT2D eigenvalue weighted by molar-refractivity contribution is -0.132. The summed E-state index contributed by atoms with van der Waals surface area (Å²) in [5, 5.41) is 4.93. The third-order valence-electron chi connectivity index (χ3n) is 3.08. The van der Waals surface area contributed by atoms with Crippen molar-refractivity contribution in [2.45, 2.75) is 6.92 Å². The molecular formula is C17H16N2O4. The molecule has 6 heteroatoms. The van der Waals surface area contributed by atoms with E-state index in [1.807, 2.05) is 0 Å². The van der Waals surface area contributed by atoms with E-state index >= 15 is 0 Å². The Labute approximate surface area is 133 Å². The lowest BCUT2D eigenvalue weighted by atomic mass is 10.1. The fourth-order valence-electron chi connectivity index (χ4n) is 1.87. The number of anilines is 2. The molecule has 0 aliphatic rings. The monoisotopic (exact) mass is 312 g/mol. The van der Waals surface area contributed by atoms with Crippen LogP contribution in [-0.2, 0) is 9.59 Å². The zero-order valence-electron chi connectivity index (χ0n) is 12.8. The maximum absolute atomic E-state index is 11.9. The van der Waals surface area contributed by atoms with Crippen LogP contribution in [0.25, 0.3) is 0 Å². The Balaban J connectivity index is 2.00. The number of Topliss-reactive ketones (excluding diaryl/α,β-unsaturated/α-hetero) is 1. The van der Waals surface area contributed by atoms with E-state index in [1.165, 1.54) is 20.1 Å². The fraction of sp³-hybridized carbons (Fsp3) is 0.118. The molecule has 0 fully saturated rings. The molecule has 0 saturated heterocycles. The molecule has 2 amide bonds. The number of amides is 2. The Hall–Kier alpha value is -3.15. The summed E-state index contributed by atoms with van der Waals surface area (Å²) in [5.41, 5.74) is 1.31. The molecule has 0 spiro atoms. The summed E-state index contributed by atoms with van der Waals surface area (Å²) in [7, 11) is 1.54. The minimum absolute atomic E-state index is 0.121. The minimum atomic E-state index is -0.818. The molecule has 0 heterocycles. The van der Waals surface area contributed by atoms with Crippen LogP contribution in [0.3, 0.4) is 0 Å². The second-order valence-corrected chi connectivity index (χ2v) is 4.77. The third kappa shape index (κ3) is 4.41. The summed E-state index contributed by atoms with van der Waals surface area (Å²) in [5.74, 6) is -1.10. The molecule has 0 aliphatic carbocycles. The summed E-state index contributed by atoms with van der Waals surface area (Å²) in [6, 6.07) is 13.0. The number of methoxy groups -OCH3 is 1. The van der Waals surface area contributed by atoms with Gasteiger partial charge in [-0.2, -0.15) is 0 Å². The van der Waals surface area contributed by atoms with Crippen molar-refractivity contribution in [2.75, 3.05) is 17.7 Å².